The number of hydrogen-bond donors (Lipinski definition) is 2. The predicted octanol–water partition coefficient (Wildman–Crippen LogP) is 0.105. The van der Waals surface area contributed by atoms with Gasteiger partial charge in [0.15, 0.2) is 0 Å². The Morgan fingerprint density at radius 3 is 1.94 bits per heavy atom. The highest BCUT2D eigenvalue weighted by molar-refractivity contribution is 5.14. The molecule has 0 spiro atoms. The summed E-state index contributed by atoms with van der Waals surface area (Å²) in [7, 11) is 0. The van der Waals surface area contributed by atoms with Gasteiger partial charge in [0.05, 0.1) is 25.4 Å². The molecule has 2 saturated heterocycles. The zero-order valence-electron chi connectivity index (χ0n) is 10.5. The number of rotatable bonds is 6. The molecule has 2 unspecified atom stereocenters. The summed E-state index contributed by atoms with van der Waals surface area (Å²) in [6, 6.07) is 10.6. The second-order valence-electron chi connectivity index (χ2n) is 4.59. The molecule has 0 amide bonds. The summed E-state index contributed by atoms with van der Waals surface area (Å²) in [4.78, 5) is 2.44. The van der Waals surface area contributed by atoms with Crippen LogP contribution in [0.5, 0.6) is 0 Å². The molecule has 2 aliphatic heterocycles. The molecule has 2 heterocycles. The second-order valence-corrected chi connectivity index (χ2v) is 4.59. The van der Waals surface area contributed by atoms with Crippen LogP contribution in [0.15, 0.2) is 30.3 Å². The standard InChI is InChI=1S/C13H17NO2.H4N2/c1-2-4-11(5-3-1)6-14(7-12-9-15-12)8-13-10-16-13;1-2/h1-5,12-13H,6-10H2;1-2H2. The van der Waals surface area contributed by atoms with Crippen molar-refractivity contribution in [3.05, 3.63) is 35.9 Å². The van der Waals surface area contributed by atoms with Crippen molar-refractivity contribution in [3.63, 3.8) is 0 Å². The largest absolute Gasteiger partial charge is 0.372 e. The van der Waals surface area contributed by atoms with Crippen LogP contribution in [-0.2, 0) is 16.0 Å². The van der Waals surface area contributed by atoms with E-state index >= 15 is 0 Å². The summed E-state index contributed by atoms with van der Waals surface area (Å²) in [6.45, 7) is 4.93. The third-order valence-electron chi connectivity index (χ3n) is 2.98. The maximum absolute atomic E-state index is 5.30. The lowest BCUT2D eigenvalue weighted by Gasteiger charge is -2.20. The number of hydrogen-bond acceptors (Lipinski definition) is 5. The van der Waals surface area contributed by atoms with E-state index in [1.807, 2.05) is 0 Å². The van der Waals surface area contributed by atoms with Gasteiger partial charge in [-0.3, -0.25) is 16.6 Å². The highest BCUT2D eigenvalue weighted by Gasteiger charge is 2.30. The quantitative estimate of drug-likeness (QED) is 0.426. The minimum atomic E-state index is 0.461. The van der Waals surface area contributed by atoms with E-state index < -0.39 is 0 Å². The molecule has 1 aromatic carbocycles. The molecule has 2 atom stereocenters. The Labute approximate surface area is 108 Å². The van der Waals surface area contributed by atoms with Gasteiger partial charge in [-0.15, -0.1) is 0 Å². The summed E-state index contributed by atoms with van der Waals surface area (Å²) in [5.74, 6) is 8.00. The molecule has 2 aliphatic rings. The molecule has 100 valence electrons. The molecule has 0 bridgehead atoms. The molecule has 4 N–H and O–H groups in total. The van der Waals surface area contributed by atoms with E-state index in [1.165, 1.54) is 5.56 Å². The summed E-state index contributed by atoms with van der Waals surface area (Å²) >= 11 is 0. The lowest BCUT2D eigenvalue weighted by Crippen LogP contribution is -2.31. The van der Waals surface area contributed by atoms with Crippen LogP contribution in [0, 0.1) is 0 Å². The van der Waals surface area contributed by atoms with Gasteiger partial charge in [-0.1, -0.05) is 30.3 Å². The fraction of sp³-hybridized carbons (Fsp3) is 0.538. The average molecular weight is 251 g/mol. The van der Waals surface area contributed by atoms with E-state index in [0.717, 1.165) is 32.8 Å². The summed E-state index contributed by atoms with van der Waals surface area (Å²) < 4.78 is 10.6. The minimum absolute atomic E-state index is 0.461. The van der Waals surface area contributed by atoms with Crippen molar-refractivity contribution in [2.24, 2.45) is 11.7 Å². The Kier molecular flexibility index (Phi) is 5.10. The number of ether oxygens (including phenoxy) is 2. The Morgan fingerprint density at radius 2 is 1.50 bits per heavy atom. The normalized spacial score (nSPS) is 24.4. The first kappa shape index (κ1) is 13.5. The zero-order chi connectivity index (χ0) is 12.8. The monoisotopic (exact) mass is 251 g/mol. The first-order valence-corrected chi connectivity index (χ1v) is 6.23. The third kappa shape index (κ3) is 4.72. The fourth-order valence-electron chi connectivity index (χ4n) is 1.97. The van der Waals surface area contributed by atoms with Crippen molar-refractivity contribution in [2.75, 3.05) is 26.3 Å². The average Bonchev–Trinajstić information content (AvgIpc) is 3.29. The molecule has 2 fully saturated rings. The highest BCUT2D eigenvalue weighted by atomic mass is 16.6. The van der Waals surface area contributed by atoms with E-state index in [0.29, 0.717) is 12.2 Å². The first-order chi connectivity index (χ1) is 8.90. The van der Waals surface area contributed by atoms with Crippen LogP contribution in [0.3, 0.4) is 0 Å². The van der Waals surface area contributed by atoms with E-state index in [9.17, 15) is 0 Å². The van der Waals surface area contributed by atoms with Gasteiger partial charge in [-0.05, 0) is 5.56 Å². The van der Waals surface area contributed by atoms with Crippen LogP contribution in [0.1, 0.15) is 5.56 Å². The number of nitrogens with two attached hydrogens (primary N) is 2. The Hall–Kier alpha value is -0.980. The smallest absolute Gasteiger partial charge is 0.0936 e. The van der Waals surface area contributed by atoms with Crippen LogP contribution in [-0.4, -0.2) is 43.4 Å². The van der Waals surface area contributed by atoms with E-state index in [4.69, 9.17) is 9.47 Å². The molecule has 0 radical (unpaired) electrons. The summed E-state index contributed by atoms with van der Waals surface area (Å²) in [5.41, 5.74) is 1.36. The molecule has 5 nitrogen and oxygen atoms in total. The molecule has 0 aliphatic carbocycles. The van der Waals surface area contributed by atoms with Crippen LogP contribution in [0.2, 0.25) is 0 Å². The first-order valence-electron chi connectivity index (χ1n) is 6.23. The molecule has 0 aromatic heterocycles. The van der Waals surface area contributed by atoms with Crippen molar-refractivity contribution in [1.29, 1.82) is 0 Å². The van der Waals surface area contributed by atoms with Crippen LogP contribution < -0.4 is 11.7 Å². The Balaban J connectivity index is 0.000000574. The molecule has 0 saturated carbocycles. The van der Waals surface area contributed by atoms with Crippen LogP contribution >= 0.6 is 0 Å². The van der Waals surface area contributed by atoms with E-state index in [-0.39, 0.29) is 0 Å². The summed E-state index contributed by atoms with van der Waals surface area (Å²) in [5, 5.41) is 0. The van der Waals surface area contributed by atoms with E-state index in [1.54, 1.807) is 0 Å². The molecular weight excluding hydrogens is 230 g/mol. The second kappa shape index (κ2) is 6.82. The van der Waals surface area contributed by atoms with Crippen molar-refractivity contribution >= 4 is 0 Å². The van der Waals surface area contributed by atoms with Crippen LogP contribution in [0.25, 0.3) is 0 Å². The molecule has 5 heteroatoms. The van der Waals surface area contributed by atoms with Crippen molar-refractivity contribution in [2.45, 2.75) is 18.8 Å². The van der Waals surface area contributed by atoms with E-state index in [2.05, 4.69) is 46.9 Å². The SMILES string of the molecule is NN.c1ccc(CN(CC2CO2)CC2CO2)cc1. The Morgan fingerprint density at radius 1 is 1.00 bits per heavy atom. The predicted molar refractivity (Wildman–Crippen MR) is 69.6 cm³/mol. The lowest BCUT2D eigenvalue weighted by atomic mass is 10.2. The van der Waals surface area contributed by atoms with Crippen molar-refractivity contribution in [1.82, 2.24) is 4.90 Å². The number of hydrazine groups is 1. The minimum Gasteiger partial charge on any atom is -0.372 e. The number of epoxide rings is 2. The van der Waals surface area contributed by atoms with Gasteiger partial charge in [-0.25, -0.2) is 0 Å². The zero-order valence-corrected chi connectivity index (χ0v) is 10.5. The topological polar surface area (TPSA) is 80.3 Å². The summed E-state index contributed by atoms with van der Waals surface area (Å²) in [6.07, 6.45) is 0.921. The number of nitrogens with zero attached hydrogens (tertiary/aromatic N) is 1. The molecule has 1 aromatic rings. The van der Waals surface area contributed by atoms with Crippen LogP contribution in [0.4, 0.5) is 0 Å². The molecule has 18 heavy (non-hydrogen) atoms. The fourth-order valence-corrected chi connectivity index (χ4v) is 1.97. The molecular formula is C13H21N3O2. The van der Waals surface area contributed by atoms with Gasteiger partial charge in [-0.2, -0.15) is 0 Å². The van der Waals surface area contributed by atoms with Gasteiger partial charge < -0.3 is 9.47 Å². The maximum atomic E-state index is 5.30. The van der Waals surface area contributed by atoms with Gasteiger partial charge in [0.25, 0.3) is 0 Å². The van der Waals surface area contributed by atoms with Crippen molar-refractivity contribution in [3.8, 4) is 0 Å². The maximum Gasteiger partial charge on any atom is 0.0936 e. The third-order valence-corrected chi connectivity index (χ3v) is 2.98. The van der Waals surface area contributed by atoms with Gasteiger partial charge in [0, 0.05) is 19.6 Å². The van der Waals surface area contributed by atoms with Crippen molar-refractivity contribution < 1.29 is 9.47 Å². The molecule has 3 rings (SSSR count). The van der Waals surface area contributed by atoms with Gasteiger partial charge in [0.1, 0.15) is 0 Å². The number of benzene rings is 1. The Bertz CT molecular complexity index is 325. The lowest BCUT2D eigenvalue weighted by molar-refractivity contribution is 0.213. The highest BCUT2D eigenvalue weighted by Crippen LogP contribution is 2.17. The van der Waals surface area contributed by atoms with Gasteiger partial charge in [0.2, 0.25) is 0 Å². The van der Waals surface area contributed by atoms with Gasteiger partial charge >= 0.3 is 0 Å².